The predicted octanol–water partition coefficient (Wildman–Crippen LogP) is 6.05. The quantitative estimate of drug-likeness (QED) is 0.216. The minimum Gasteiger partial charge on any atom is -0.494 e. The summed E-state index contributed by atoms with van der Waals surface area (Å²) in [5.41, 5.74) is -0.565. The number of carbonyl (C=O) groups is 2. The number of hydrogen-bond donors (Lipinski definition) is 2. The molecule has 0 unspecified atom stereocenters. The van der Waals surface area contributed by atoms with Crippen molar-refractivity contribution in [1.29, 1.82) is 0 Å². The fourth-order valence-corrected chi connectivity index (χ4v) is 5.48. The SMILES string of the molecule is CC1=C(C(=O)O)C(CCOc2ccccc2)(c2cccc([N+](=O)[O-])c2)C(C(=O)O)=C(C)N1CC=Cc1ccccc1. The molecule has 0 aromatic heterocycles. The topological polar surface area (TPSA) is 130 Å². The summed E-state index contributed by atoms with van der Waals surface area (Å²) >= 11 is 0. The molecule has 0 fully saturated rings. The highest BCUT2D eigenvalue weighted by Crippen LogP contribution is 2.50. The molecular weight excluding hydrogens is 524 g/mol. The van der Waals surface area contributed by atoms with E-state index < -0.39 is 22.3 Å². The third-order valence-corrected chi connectivity index (χ3v) is 7.25. The first-order valence-corrected chi connectivity index (χ1v) is 13.0. The van der Waals surface area contributed by atoms with Gasteiger partial charge in [-0.2, -0.15) is 0 Å². The summed E-state index contributed by atoms with van der Waals surface area (Å²) in [5.74, 6) is -2.12. The maximum Gasteiger partial charge on any atom is 0.334 e. The van der Waals surface area contributed by atoms with E-state index in [4.69, 9.17) is 4.74 Å². The van der Waals surface area contributed by atoms with Crippen molar-refractivity contribution in [2.24, 2.45) is 0 Å². The lowest BCUT2D eigenvalue weighted by molar-refractivity contribution is -0.385. The molecule has 3 aromatic carbocycles. The Kier molecular flexibility index (Phi) is 8.67. The van der Waals surface area contributed by atoms with Crippen LogP contribution in [0.2, 0.25) is 0 Å². The van der Waals surface area contributed by atoms with Crippen LogP contribution in [0.1, 0.15) is 31.4 Å². The monoisotopic (exact) mass is 554 g/mol. The maximum absolute atomic E-state index is 13.0. The van der Waals surface area contributed by atoms with Gasteiger partial charge in [0.25, 0.3) is 5.69 Å². The highest BCUT2D eigenvalue weighted by molar-refractivity contribution is 6.00. The first-order valence-electron chi connectivity index (χ1n) is 13.0. The van der Waals surface area contributed by atoms with Crippen LogP contribution in [0.15, 0.2) is 114 Å². The number of aliphatic carboxylic acids is 2. The third kappa shape index (κ3) is 5.89. The Labute approximate surface area is 237 Å². The fourth-order valence-electron chi connectivity index (χ4n) is 5.48. The zero-order valence-electron chi connectivity index (χ0n) is 22.7. The van der Waals surface area contributed by atoms with Gasteiger partial charge in [-0.15, -0.1) is 0 Å². The second-order valence-corrected chi connectivity index (χ2v) is 9.58. The molecule has 1 heterocycles. The molecule has 9 nitrogen and oxygen atoms in total. The van der Waals surface area contributed by atoms with Gasteiger partial charge in [-0.25, -0.2) is 9.59 Å². The Balaban J connectivity index is 1.89. The van der Waals surface area contributed by atoms with Crippen molar-refractivity contribution in [2.75, 3.05) is 13.2 Å². The minimum absolute atomic E-state index is 0.0469. The Morgan fingerprint density at radius 1 is 0.902 bits per heavy atom. The van der Waals surface area contributed by atoms with Gasteiger partial charge in [-0.1, -0.05) is 72.8 Å². The van der Waals surface area contributed by atoms with Crippen LogP contribution in [-0.2, 0) is 15.0 Å². The lowest BCUT2D eigenvalue weighted by atomic mass is 9.63. The fraction of sp³-hybridized carbons (Fsp3) is 0.188. The minimum atomic E-state index is -1.74. The third-order valence-electron chi connectivity index (χ3n) is 7.25. The number of nitrogens with zero attached hydrogens (tertiary/aromatic N) is 2. The Morgan fingerprint density at radius 2 is 1.49 bits per heavy atom. The van der Waals surface area contributed by atoms with Crippen molar-refractivity contribution in [3.05, 3.63) is 135 Å². The van der Waals surface area contributed by atoms with E-state index in [0.29, 0.717) is 17.1 Å². The van der Waals surface area contributed by atoms with Gasteiger partial charge in [0.1, 0.15) is 5.75 Å². The van der Waals surface area contributed by atoms with E-state index >= 15 is 0 Å². The molecule has 0 saturated carbocycles. The summed E-state index contributed by atoms with van der Waals surface area (Å²) in [6.07, 6.45) is 3.62. The molecule has 1 aliphatic rings. The van der Waals surface area contributed by atoms with Gasteiger partial charge in [0.2, 0.25) is 0 Å². The molecule has 0 amide bonds. The largest absolute Gasteiger partial charge is 0.494 e. The van der Waals surface area contributed by atoms with Gasteiger partial charge >= 0.3 is 11.9 Å². The summed E-state index contributed by atoms with van der Waals surface area (Å²) in [6, 6.07) is 23.9. The number of benzene rings is 3. The van der Waals surface area contributed by atoms with E-state index in [9.17, 15) is 29.9 Å². The van der Waals surface area contributed by atoms with Gasteiger partial charge in [0.05, 0.1) is 28.1 Å². The van der Waals surface area contributed by atoms with Gasteiger partial charge in [0, 0.05) is 30.1 Å². The first-order chi connectivity index (χ1) is 19.7. The number of ether oxygens (including phenoxy) is 1. The van der Waals surface area contributed by atoms with Crippen LogP contribution in [0.4, 0.5) is 5.69 Å². The predicted molar refractivity (Wildman–Crippen MR) is 154 cm³/mol. The Hall–Kier alpha value is -5.18. The number of allylic oxidation sites excluding steroid dienone is 2. The van der Waals surface area contributed by atoms with Crippen molar-refractivity contribution in [3.63, 3.8) is 0 Å². The molecule has 0 radical (unpaired) electrons. The number of hydrogen-bond acceptors (Lipinski definition) is 6. The zero-order valence-corrected chi connectivity index (χ0v) is 22.7. The van der Waals surface area contributed by atoms with Crippen molar-refractivity contribution in [2.45, 2.75) is 25.7 Å². The van der Waals surface area contributed by atoms with Crippen LogP contribution in [0, 0.1) is 10.1 Å². The Bertz CT molecular complexity index is 1500. The van der Waals surface area contributed by atoms with Crippen molar-refractivity contribution >= 4 is 23.7 Å². The lowest BCUT2D eigenvalue weighted by Gasteiger charge is -2.44. The van der Waals surface area contributed by atoms with Crippen molar-refractivity contribution in [3.8, 4) is 5.75 Å². The van der Waals surface area contributed by atoms with Crippen LogP contribution >= 0.6 is 0 Å². The molecule has 0 aliphatic carbocycles. The molecule has 9 heteroatoms. The smallest absolute Gasteiger partial charge is 0.334 e. The number of carboxylic acid groups (broad SMARTS) is 2. The normalized spacial score (nSPS) is 14.8. The second-order valence-electron chi connectivity index (χ2n) is 9.58. The zero-order chi connectivity index (χ0) is 29.6. The molecule has 41 heavy (non-hydrogen) atoms. The standard InChI is InChI=1S/C32H30N2O7/c1-22-28(30(35)36)32(18-20-41-27-16-7-4-8-17-27,25-14-9-15-26(21-25)34(39)40)29(31(37)38)23(2)33(22)19-10-13-24-11-5-3-6-12-24/h3-17,21H,18-20H2,1-2H3,(H,35,36)(H,37,38). The van der Waals surface area contributed by atoms with Crippen LogP contribution < -0.4 is 4.74 Å². The van der Waals surface area contributed by atoms with E-state index in [-0.39, 0.29) is 42.0 Å². The number of carboxylic acids is 2. The van der Waals surface area contributed by atoms with Gasteiger partial charge in [-0.3, -0.25) is 10.1 Å². The average molecular weight is 555 g/mol. The molecule has 3 aromatic rings. The first kappa shape index (κ1) is 28.8. The molecule has 0 bridgehead atoms. The summed E-state index contributed by atoms with van der Waals surface area (Å²) in [7, 11) is 0. The van der Waals surface area contributed by atoms with Crippen molar-refractivity contribution < 1.29 is 29.5 Å². The summed E-state index contributed by atoms with van der Waals surface area (Å²) in [5, 5.41) is 32.9. The van der Waals surface area contributed by atoms with E-state index in [2.05, 4.69) is 0 Å². The molecule has 0 spiro atoms. The number of rotatable bonds is 11. The molecule has 2 N–H and O–H groups in total. The molecule has 0 atom stereocenters. The van der Waals surface area contributed by atoms with Gasteiger partial charge in [0.15, 0.2) is 0 Å². The van der Waals surface area contributed by atoms with Crippen LogP contribution in [0.5, 0.6) is 5.75 Å². The lowest BCUT2D eigenvalue weighted by Crippen LogP contribution is -2.46. The molecule has 4 rings (SSSR count). The van der Waals surface area contributed by atoms with E-state index in [0.717, 1.165) is 5.56 Å². The number of non-ortho nitro benzene ring substituents is 1. The van der Waals surface area contributed by atoms with Crippen LogP contribution in [0.25, 0.3) is 6.08 Å². The molecular formula is C32H30N2O7. The highest BCUT2D eigenvalue weighted by atomic mass is 16.6. The van der Waals surface area contributed by atoms with Crippen LogP contribution in [-0.4, -0.2) is 45.1 Å². The molecule has 1 aliphatic heterocycles. The van der Waals surface area contributed by atoms with E-state index in [1.54, 1.807) is 43.0 Å². The van der Waals surface area contributed by atoms with E-state index in [1.165, 1.54) is 24.3 Å². The number of nitro benzene ring substituents is 1. The number of para-hydroxylation sites is 1. The summed E-state index contributed by atoms with van der Waals surface area (Å²) < 4.78 is 5.91. The average Bonchev–Trinajstić information content (AvgIpc) is 2.95. The van der Waals surface area contributed by atoms with E-state index in [1.807, 2.05) is 48.6 Å². The summed E-state index contributed by atoms with van der Waals surface area (Å²) in [4.78, 5) is 38.8. The number of nitro groups is 1. The van der Waals surface area contributed by atoms with Crippen LogP contribution in [0.3, 0.4) is 0 Å². The maximum atomic E-state index is 13.0. The van der Waals surface area contributed by atoms with Gasteiger partial charge < -0.3 is 19.8 Å². The highest BCUT2D eigenvalue weighted by Gasteiger charge is 2.52. The second kappa shape index (κ2) is 12.3. The van der Waals surface area contributed by atoms with Crippen molar-refractivity contribution in [1.82, 2.24) is 4.90 Å². The summed E-state index contributed by atoms with van der Waals surface area (Å²) in [6.45, 7) is 3.43. The van der Waals surface area contributed by atoms with Gasteiger partial charge in [-0.05, 0) is 43.5 Å². The Morgan fingerprint density at radius 3 is 2.05 bits per heavy atom. The molecule has 210 valence electrons. The molecule has 0 saturated heterocycles.